The van der Waals surface area contributed by atoms with Gasteiger partial charge < -0.3 is 9.47 Å². The molecule has 1 aromatic carbocycles. The fourth-order valence-electron chi connectivity index (χ4n) is 1.78. The van der Waals surface area contributed by atoms with Crippen LogP contribution in [0.5, 0.6) is 23.0 Å². The lowest BCUT2D eigenvalue weighted by molar-refractivity contribution is 0.449. The predicted octanol–water partition coefficient (Wildman–Crippen LogP) is 4.47. The SMILES string of the molecule is Cc1c(Oc2cnc(Cl)nc2)cccc1Oc1cnc(Cl)nc1. The van der Waals surface area contributed by atoms with Crippen LogP contribution in [0.25, 0.3) is 0 Å². The Kier molecular flexibility index (Phi) is 4.55. The lowest BCUT2D eigenvalue weighted by atomic mass is 10.2. The van der Waals surface area contributed by atoms with Crippen LogP contribution in [0.4, 0.5) is 0 Å². The van der Waals surface area contributed by atoms with Gasteiger partial charge in [0.25, 0.3) is 0 Å². The van der Waals surface area contributed by atoms with Gasteiger partial charge in [0.1, 0.15) is 11.5 Å². The van der Waals surface area contributed by atoms with Crippen molar-refractivity contribution in [3.63, 3.8) is 0 Å². The standard InChI is InChI=1S/C15H10Cl2N4O2/c1-9-12(22-10-5-18-14(16)19-6-10)3-2-4-13(9)23-11-7-20-15(17)21-8-11/h2-8H,1H3. The first-order valence-corrected chi connectivity index (χ1v) is 7.28. The van der Waals surface area contributed by atoms with Crippen molar-refractivity contribution in [1.29, 1.82) is 0 Å². The first kappa shape index (κ1) is 15.5. The second-order valence-electron chi connectivity index (χ2n) is 4.46. The smallest absolute Gasteiger partial charge is 0.222 e. The van der Waals surface area contributed by atoms with E-state index in [2.05, 4.69) is 19.9 Å². The number of hydrogen-bond acceptors (Lipinski definition) is 6. The lowest BCUT2D eigenvalue weighted by Gasteiger charge is -2.12. The van der Waals surface area contributed by atoms with Crippen molar-refractivity contribution in [1.82, 2.24) is 19.9 Å². The van der Waals surface area contributed by atoms with Crippen LogP contribution >= 0.6 is 23.2 Å². The van der Waals surface area contributed by atoms with Crippen LogP contribution in [0, 0.1) is 6.92 Å². The summed E-state index contributed by atoms with van der Waals surface area (Å²) in [6.07, 6.45) is 5.98. The molecule has 0 aliphatic rings. The molecule has 0 saturated heterocycles. The summed E-state index contributed by atoms with van der Waals surface area (Å²) in [6, 6.07) is 5.44. The summed E-state index contributed by atoms with van der Waals surface area (Å²) in [6.45, 7) is 1.87. The minimum Gasteiger partial charge on any atom is -0.454 e. The maximum atomic E-state index is 5.75. The highest BCUT2D eigenvalue weighted by molar-refractivity contribution is 6.28. The van der Waals surface area contributed by atoms with Crippen molar-refractivity contribution in [2.75, 3.05) is 0 Å². The Balaban J connectivity index is 1.83. The highest BCUT2D eigenvalue weighted by atomic mass is 35.5. The molecule has 23 heavy (non-hydrogen) atoms. The summed E-state index contributed by atoms with van der Waals surface area (Å²) in [5.74, 6) is 2.18. The molecule has 0 atom stereocenters. The summed E-state index contributed by atoms with van der Waals surface area (Å²) in [7, 11) is 0. The van der Waals surface area contributed by atoms with Gasteiger partial charge in [0.2, 0.25) is 10.6 Å². The van der Waals surface area contributed by atoms with E-state index >= 15 is 0 Å². The molecule has 0 bridgehead atoms. The Morgan fingerprint density at radius 2 is 1.13 bits per heavy atom. The van der Waals surface area contributed by atoms with Gasteiger partial charge in [-0.3, -0.25) is 0 Å². The van der Waals surface area contributed by atoms with Gasteiger partial charge in [0.05, 0.1) is 24.8 Å². The van der Waals surface area contributed by atoms with E-state index in [0.29, 0.717) is 23.0 Å². The molecule has 0 saturated carbocycles. The van der Waals surface area contributed by atoms with Crippen molar-refractivity contribution < 1.29 is 9.47 Å². The minimum atomic E-state index is 0.161. The number of aromatic nitrogens is 4. The lowest BCUT2D eigenvalue weighted by Crippen LogP contribution is -1.94. The number of benzene rings is 1. The molecule has 2 heterocycles. The van der Waals surface area contributed by atoms with E-state index in [-0.39, 0.29) is 10.6 Å². The van der Waals surface area contributed by atoms with E-state index in [0.717, 1.165) is 5.56 Å². The molecule has 0 radical (unpaired) electrons. The van der Waals surface area contributed by atoms with E-state index in [9.17, 15) is 0 Å². The van der Waals surface area contributed by atoms with E-state index in [4.69, 9.17) is 32.7 Å². The quantitative estimate of drug-likeness (QED) is 0.648. The average Bonchev–Trinajstić information content (AvgIpc) is 2.55. The Hall–Kier alpha value is -2.44. The van der Waals surface area contributed by atoms with Gasteiger partial charge in [0, 0.05) is 5.56 Å². The molecule has 0 unspecified atom stereocenters. The van der Waals surface area contributed by atoms with Gasteiger partial charge in [-0.25, -0.2) is 19.9 Å². The number of rotatable bonds is 4. The van der Waals surface area contributed by atoms with Crippen LogP contribution in [-0.4, -0.2) is 19.9 Å². The van der Waals surface area contributed by atoms with Crippen molar-refractivity contribution in [3.05, 3.63) is 59.1 Å². The topological polar surface area (TPSA) is 70.0 Å². The largest absolute Gasteiger partial charge is 0.454 e. The number of nitrogens with zero attached hydrogens (tertiary/aromatic N) is 4. The van der Waals surface area contributed by atoms with Crippen LogP contribution in [0.15, 0.2) is 43.0 Å². The van der Waals surface area contributed by atoms with Crippen molar-refractivity contribution >= 4 is 23.2 Å². The normalized spacial score (nSPS) is 10.4. The maximum Gasteiger partial charge on any atom is 0.222 e. The maximum absolute atomic E-state index is 5.75. The van der Waals surface area contributed by atoms with Gasteiger partial charge in [-0.05, 0) is 42.3 Å². The summed E-state index contributed by atoms with van der Waals surface area (Å²) >= 11 is 11.3. The van der Waals surface area contributed by atoms with E-state index in [1.54, 1.807) is 0 Å². The Labute approximate surface area is 142 Å². The summed E-state index contributed by atoms with van der Waals surface area (Å²) in [5, 5.41) is 0.322. The molecule has 116 valence electrons. The van der Waals surface area contributed by atoms with E-state index in [1.165, 1.54) is 24.8 Å². The van der Waals surface area contributed by atoms with Crippen molar-refractivity contribution in [3.8, 4) is 23.0 Å². The predicted molar refractivity (Wildman–Crippen MR) is 85.4 cm³/mol. The van der Waals surface area contributed by atoms with E-state index in [1.807, 2.05) is 25.1 Å². The van der Waals surface area contributed by atoms with Gasteiger partial charge in [-0.2, -0.15) is 0 Å². The second-order valence-corrected chi connectivity index (χ2v) is 5.14. The van der Waals surface area contributed by atoms with Crippen LogP contribution in [-0.2, 0) is 0 Å². The van der Waals surface area contributed by atoms with Gasteiger partial charge in [0.15, 0.2) is 11.5 Å². The molecule has 6 nitrogen and oxygen atoms in total. The number of hydrogen-bond donors (Lipinski definition) is 0. The first-order chi connectivity index (χ1) is 11.1. The molecule has 3 aromatic rings. The van der Waals surface area contributed by atoms with Crippen LogP contribution < -0.4 is 9.47 Å². The monoisotopic (exact) mass is 348 g/mol. The van der Waals surface area contributed by atoms with Gasteiger partial charge in [-0.15, -0.1) is 0 Å². The van der Waals surface area contributed by atoms with Crippen molar-refractivity contribution in [2.45, 2.75) is 6.92 Å². The van der Waals surface area contributed by atoms with Crippen molar-refractivity contribution in [2.24, 2.45) is 0 Å². The molecule has 2 aromatic heterocycles. The molecule has 0 amide bonds. The number of halogens is 2. The third-order valence-electron chi connectivity index (χ3n) is 2.88. The zero-order chi connectivity index (χ0) is 16.2. The summed E-state index contributed by atoms with van der Waals surface area (Å²) < 4.78 is 11.5. The highest BCUT2D eigenvalue weighted by Crippen LogP contribution is 2.33. The Morgan fingerprint density at radius 1 is 0.739 bits per heavy atom. The zero-order valence-corrected chi connectivity index (χ0v) is 13.4. The fraction of sp³-hybridized carbons (Fsp3) is 0.0667. The zero-order valence-electron chi connectivity index (χ0n) is 11.9. The minimum absolute atomic E-state index is 0.161. The molecule has 0 N–H and O–H groups in total. The first-order valence-electron chi connectivity index (χ1n) is 6.52. The molecule has 0 spiro atoms. The third-order valence-corrected chi connectivity index (χ3v) is 3.27. The van der Waals surface area contributed by atoms with E-state index < -0.39 is 0 Å². The second kappa shape index (κ2) is 6.76. The highest BCUT2D eigenvalue weighted by Gasteiger charge is 2.09. The summed E-state index contributed by atoms with van der Waals surface area (Å²) in [5.41, 5.74) is 0.803. The molecule has 8 heteroatoms. The molecule has 0 aliphatic carbocycles. The van der Waals surface area contributed by atoms with Crippen LogP contribution in [0.2, 0.25) is 10.6 Å². The molecule has 0 aliphatic heterocycles. The Morgan fingerprint density at radius 3 is 1.52 bits per heavy atom. The third kappa shape index (κ3) is 3.85. The molecule has 3 rings (SSSR count). The number of ether oxygens (including phenoxy) is 2. The van der Waals surface area contributed by atoms with Gasteiger partial charge >= 0.3 is 0 Å². The van der Waals surface area contributed by atoms with Crippen LogP contribution in [0.3, 0.4) is 0 Å². The molecule has 0 fully saturated rings. The molecular formula is C15H10Cl2N4O2. The summed E-state index contributed by atoms with van der Waals surface area (Å²) in [4.78, 5) is 15.5. The molecular weight excluding hydrogens is 339 g/mol. The Bertz CT molecular complexity index is 745. The van der Waals surface area contributed by atoms with Gasteiger partial charge in [-0.1, -0.05) is 6.07 Å². The van der Waals surface area contributed by atoms with Crippen LogP contribution in [0.1, 0.15) is 5.56 Å². The fourth-order valence-corrected chi connectivity index (χ4v) is 1.97. The average molecular weight is 349 g/mol.